The molecule has 1 spiro atoms. The van der Waals surface area contributed by atoms with E-state index in [1.54, 1.807) is 6.07 Å². The first-order valence-electron chi connectivity index (χ1n) is 8.99. The van der Waals surface area contributed by atoms with Gasteiger partial charge in [-0.2, -0.15) is 18.4 Å². The molecule has 27 heavy (non-hydrogen) atoms. The second-order valence-corrected chi connectivity index (χ2v) is 7.31. The number of nitriles is 1. The second kappa shape index (κ2) is 6.64. The quantitative estimate of drug-likeness (QED) is 0.760. The molecule has 0 bridgehead atoms. The van der Waals surface area contributed by atoms with Gasteiger partial charge in [-0.1, -0.05) is 18.2 Å². The number of alkyl halides is 3. The molecule has 4 rings (SSSR count). The van der Waals surface area contributed by atoms with Crippen LogP contribution in [0.1, 0.15) is 25.0 Å². The van der Waals surface area contributed by atoms with Crippen molar-refractivity contribution in [2.75, 3.05) is 31.2 Å². The van der Waals surface area contributed by atoms with Crippen molar-refractivity contribution in [3.8, 4) is 6.07 Å². The van der Waals surface area contributed by atoms with Crippen LogP contribution in [0.3, 0.4) is 0 Å². The lowest BCUT2D eigenvalue weighted by atomic mass is 9.65. The summed E-state index contributed by atoms with van der Waals surface area (Å²) in [5.41, 5.74) is 0.479. The van der Waals surface area contributed by atoms with E-state index in [0.717, 1.165) is 5.39 Å². The molecule has 3 heterocycles. The summed E-state index contributed by atoms with van der Waals surface area (Å²) in [5, 5.41) is 18.3. The molecule has 2 saturated heterocycles. The average molecular weight is 376 g/mol. The zero-order valence-electron chi connectivity index (χ0n) is 14.7. The molecule has 2 fully saturated rings. The van der Waals surface area contributed by atoms with Gasteiger partial charge in [-0.25, -0.2) is 0 Å². The Hall–Kier alpha value is -2.40. The highest BCUT2D eigenvalue weighted by molar-refractivity contribution is 5.93. The zero-order valence-corrected chi connectivity index (χ0v) is 14.7. The van der Waals surface area contributed by atoms with Crippen molar-refractivity contribution in [3.05, 3.63) is 30.0 Å². The molecule has 0 unspecified atom stereocenters. The summed E-state index contributed by atoms with van der Waals surface area (Å²) in [5.74, 6) is -1.35. The highest BCUT2D eigenvalue weighted by Crippen LogP contribution is 2.52. The van der Waals surface area contributed by atoms with Crippen LogP contribution in [0.15, 0.2) is 24.3 Å². The van der Waals surface area contributed by atoms with E-state index >= 15 is 0 Å². The lowest BCUT2D eigenvalue weighted by molar-refractivity contribution is -0.223. The molecule has 1 aromatic heterocycles. The Morgan fingerprint density at radius 2 is 1.93 bits per heavy atom. The van der Waals surface area contributed by atoms with E-state index in [9.17, 15) is 18.4 Å². The Bertz CT molecular complexity index is 887. The second-order valence-electron chi connectivity index (χ2n) is 7.31. The molecule has 5 nitrogen and oxygen atoms in total. The first kappa shape index (κ1) is 18.0. The van der Waals surface area contributed by atoms with Gasteiger partial charge in [-0.3, -0.25) is 0 Å². The largest absolute Gasteiger partial charge is 0.392 e. The lowest BCUT2D eigenvalue weighted by Gasteiger charge is -2.51. The van der Waals surface area contributed by atoms with Crippen molar-refractivity contribution in [1.82, 2.24) is 10.2 Å². The fourth-order valence-electron chi connectivity index (χ4n) is 4.58. The van der Waals surface area contributed by atoms with E-state index < -0.39 is 17.5 Å². The van der Waals surface area contributed by atoms with E-state index in [0.29, 0.717) is 37.3 Å². The monoisotopic (exact) mass is 376 g/mol. The lowest BCUT2D eigenvalue weighted by Crippen LogP contribution is -2.55. The van der Waals surface area contributed by atoms with Crippen LogP contribution in [0.5, 0.6) is 0 Å². The number of ether oxygens (including phenoxy) is 1. The first-order valence-corrected chi connectivity index (χ1v) is 8.99. The highest BCUT2D eigenvalue weighted by atomic mass is 19.4. The third-order valence-corrected chi connectivity index (χ3v) is 5.88. The summed E-state index contributed by atoms with van der Waals surface area (Å²) < 4.78 is 46.6. The van der Waals surface area contributed by atoms with Gasteiger partial charge in [0.05, 0.1) is 17.1 Å². The third kappa shape index (κ3) is 3.10. The summed E-state index contributed by atoms with van der Waals surface area (Å²) in [6, 6.07) is 9.34. The number of nitrogens with zero attached hydrogens (tertiary/aromatic N) is 4. The molecular formula is C19H19F3N4O. The van der Waals surface area contributed by atoms with Gasteiger partial charge >= 0.3 is 6.18 Å². The molecule has 2 aliphatic rings. The van der Waals surface area contributed by atoms with Crippen LogP contribution in [-0.2, 0) is 4.74 Å². The number of fused-ring (bicyclic) bond motifs is 1. The minimum Gasteiger partial charge on any atom is -0.381 e. The Morgan fingerprint density at radius 3 is 2.63 bits per heavy atom. The molecule has 0 N–H and O–H groups in total. The SMILES string of the molecule is N#Cc1nnc2ccccc2c1N1CC[C@@H](C(F)(F)F)C2(CCOCC2)C1. The molecule has 1 atom stereocenters. The van der Waals surface area contributed by atoms with Gasteiger partial charge in [0.2, 0.25) is 0 Å². The molecule has 8 heteroatoms. The molecular weight excluding hydrogens is 357 g/mol. The van der Waals surface area contributed by atoms with Gasteiger partial charge in [-0.15, -0.1) is 10.2 Å². The van der Waals surface area contributed by atoms with E-state index in [1.165, 1.54) is 0 Å². The smallest absolute Gasteiger partial charge is 0.381 e. The van der Waals surface area contributed by atoms with Crippen molar-refractivity contribution in [2.45, 2.75) is 25.4 Å². The highest BCUT2D eigenvalue weighted by Gasteiger charge is 2.56. The van der Waals surface area contributed by atoms with Crippen molar-refractivity contribution < 1.29 is 17.9 Å². The maximum atomic E-state index is 13.8. The van der Waals surface area contributed by atoms with Crippen LogP contribution in [0.25, 0.3) is 10.9 Å². The molecule has 2 aromatic rings. The maximum absolute atomic E-state index is 13.8. The van der Waals surface area contributed by atoms with Crippen LogP contribution in [-0.4, -0.2) is 42.7 Å². The first-order chi connectivity index (χ1) is 12.9. The van der Waals surface area contributed by atoms with Crippen molar-refractivity contribution >= 4 is 16.6 Å². The summed E-state index contributed by atoms with van der Waals surface area (Å²) in [7, 11) is 0. The molecule has 2 aliphatic heterocycles. The topological polar surface area (TPSA) is 62.0 Å². The average Bonchev–Trinajstić information content (AvgIpc) is 2.66. The number of anilines is 1. The van der Waals surface area contributed by atoms with Crippen LogP contribution < -0.4 is 4.90 Å². The Labute approximate surface area is 154 Å². The van der Waals surface area contributed by atoms with E-state index in [-0.39, 0.29) is 25.2 Å². The van der Waals surface area contributed by atoms with E-state index in [2.05, 4.69) is 16.3 Å². The van der Waals surface area contributed by atoms with Crippen molar-refractivity contribution in [2.24, 2.45) is 11.3 Å². The van der Waals surface area contributed by atoms with Gasteiger partial charge in [-0.05, 0) is 25.3 Å². The number of piperidine rings is 1. The predicted octanol–water partition coefficient (Wildman–Crippen LogP) is 3.69. The number of aromatic nitrogens is 2. The van der Waals surface area contributed by atoms with Crippen molar-refractivity contribution in [1.29, 1.82) is 5.26 Å². The van der Waals surface area contributed by atoms with E-state index in [4.69, 9.17) is 4.74 Å². The third-order valence-electron chi connectivity index (χ3n) is 5.88. The predicted molar refractivity (Wildman–Crippen MR) is 93.1 cm³/mol. The minimum absolute atomic E-state index is 0.00498. The minimum atomic E-state index is -4.24. The number of halogens is 3. The van der Waals surface area contributed by atoms with Crippen LogP contribution in [0.4, 0.5) is 18.9 Å². The maximum Gasteiger partial charge on any atom is 0.392 e. The molecule has 0 saturated carbocycles. The summed E-state index contributed by atoms with van der Waals surface area (Å²) in [4.78, 5) is 1.91. The van der Waals surface area contributed by atoms with Gasteiger partial charge in [0.15, 0.2) is 5.69 Å². The normalized spacial score (nSPS) is 22.7. The Kier molecular flexibility index (Phi) is 4.42. The zero-order chi connectivity index (χ0) is 19.1. The van der Waals surface area contributed by atoms with Gasteiger partial charge in [0, 0.05) is 37.1 Å². The van der Waals surface area contributed by atoms with Gasteiger partial charge < -0.3 is 9.64 Å². The van der Waals surface area contributed by atoms with Crippen LogP contribution in [0.2, 0.25) is 0 Å². The molecule has 1 aromatic carbocycles. The van der Waals surface area contributed by atoms with Crippen molar-refractivity contribution in [3.63, 3.8) is 0 Å². The fourth-order valence-corrected chi connectivity index (χ4v) is 4.58. The standard InChI is InChI=1S/C19H19F3N4O/c20-19(21,22)16-5-8-26(12-18(16)6-9-27-10-7-18)17-13-3-1-2-4-14(13)24-25-15(17)11-23/h1-4,16H,5-10,12H2/t16-/m1/s1. The number of hydrogen-bond acceptors (Lipinski definition) is 5. The molecule has 0 amide bonds. The van der Waals surface area contributed by atoms with Crippen LogP contribution >= 0.6 is 0 Å². The van der Waals surface area contributed by atoms with E-state index in [1.807, 2.05) is 23.1 Å². The van der Waals surface area contributed by atoms with Gasteiger partial charge in [0.25, 0.3) is 0 Å². The summed E-state index contributed by atoms with van der Waals surface area (Å²) in [6.45, 7) is 1.14. The number of benzene rings is 1. The summed E-state index contributed by atoms with van der Waals surface area (Å²) >= 11 is 0. The summed E-state index contributed by atoms with van der Waals surface area (Å²) in [6.07, 6.45) is -3.50. The number of hydrogen-bond donors (Lipinski definition) is 0. The fraction of sp³-hybridized carbons (Fsp3) is 0.526. The van der Waals surface area contributed by atoms with Crippen LogP contribution in [0, 0.1) is 22.7 Å². The Morgan fingerprint density at radius 1 is 1.19 bits per heavy atom. The molecule has 142 valence electrons. The molecule has 0 radical (unpaired) electrons. The van der Waals surface area contributed by atoms with Gasteiger partial charge in [0.1, 0.15) is 6.07 Å². The number of rotatable bonds is 1. The Balaban J connectivity index is 1.79. The molecule has 0 aliphatic carbocycles.